The van der Waals surface area contributed by atoms with Crippen molar-refractivity contribution in [3.8, 4) is 0 Å². The van der Waals surface area contributed by atoms with Crippen LogP contribution in [0.25, 0.3) is 0 Å². The molecule has 11 heteroatoms. The molecule has 0 radical (unpaired) electrons. The summed E-state index contributed by atoms with van der Waals surface area (Å²) in [6, 6.07) is 0. The quantitative estimate of drug-likeness (QED) is 0.154. The van der Waals surface area contributed by atoms with Crippen LogP contribution in [0.3, 0.4) is 0 Å². The average Bonchev–Trinajstić information content (AvgIpc) is 2.94. The Balaban J connectivity index is 3.14. The topological polar surface area (TPSA) is 208 Å². The van der Waals surface area contributed by atoms with Crippen molar-refractivity contribution in [2.45, 2.75) is 146 Å². The SMILES string of the molecule is CCCCC[C@H](O)[C@@H]1C(=O)O[C@H](C)[C@H](O)/C=C/C=C/C=C/C=C/C=C(/C)[C@H](O)C[C@H](O)C[C@H](O)C[C@H](O)C[C@H](O)C[C@H](O)C[C@H]1O. The number of hydrogen-bond donors (Lipinski definition) is 9. The van der Waals surface area contributed by atoms with Gasteiger partial charge in [-0.05, 0) is 51.5 Å². The zero-order valence-electron chi connectivity index (χ0n) is 27.5. The molecule has 0 aromatic carbocycles. The van der Waals surface area contributed by atoms with Crippen LogP contribution in [-0.2, 0) is 9.53 Å². The zero-order valence-corrected chi connectivity index (χ0v) is 27.5. The minimum atomic E-state index is -1.52. The number of aliphatic hydroxyl groups is 9. The zero-order chi connectivity index (χ0) is 34.6. The number of hydrogen-bond acceptors (Lipinski definition) is 11. The van der Waals surface area contributed by atoms with E-state index in [9.17, 15) is 50.8 Å². The lowest BCUT2D eigenvalue weighted by Gasteiger charge is -2.29. The van der Waals surface area contributed by atoms with E-state index < -0.39 is 72.9 Å². The fraction of sp³-hybridized carbons (Fsp3) is 0.686. The van der Waals surface area contributed by atoms with Gasteiger partial charge in [-0.2, -0.15) is 0 Å². The highest BCUT2D eigenvalue weighted by Gasteiger charge is 2.37. The van der Waals surface area contributed by atoms with E-state index in [1.165, 1.54) is 13.0 Å². The number of carbonyl (C=O) groups excluding carboxylic acids is 1. The van der Waals surface area contributed by atoms with Crippen LogP contribution < -0.4 is 0 Å². The first-order chi connectivity index (χ1) is 21.7. The second kappa shape index (κ2) is 23.2. The molecule has 0 amide bonds. The van der Waals surface area contributed by atoms with Crippen LogP contribution in [0.4, 0.5) is 0 Å². The van der Waals surface area contributed by atoms with E-state index in [1.54, 1.807) is 55.5 Å². The van der Waals surface area contributed by atoms with Gasteiger partial charge in [0.15, 0.2) is 0 Å². The van der Waals surface area contributed by atoms with E-state index in [0.29, 0.717) is 12.0 Å². The summed E-state index contributed by atoms with van der Waals surface area (Å²) < 4.78 is 5.42. The maximum Gasteiger partial charge on any atom is 0.314 e. The molecule has 0 aliphatic carbocycles. The van der Waals surface area contributed by atoms with Crippen molar-refractivity contribution in [1.82, 2.24) is 0 Å². The average molecular weight is 655 g/mol. The molecular weight excluding hydrogens is 596 g/mol. The van der Waals surface area contributed by atoms with Crippen LogP contribution >= 0.6 is 0 Å². The van der Waals surface area contributed by atoms with Gasteiger partial charge in [-0.25, -0.2) is 0 Å². The molecule has 1 heterocycles. The van der Waals surface area contributed by atoms with Crippen LogP contribution in [0.2, 0.25) is 0 Å². The van der Waals surface area contributed by atoms with E-state index in [0.717, 1.165) is 12.8 Å². The third-order valence-corrected chi connectivity index (χ3v) is 8.03. The molecule has 0 bridgehead atoms. The van der Waals surface area contributed by atoms with Gasteiger partial charge in [0.1, 0.15) is 18.1 Å². The summed E-state index contributed by atoms with van der Waals surface area (Å²) in [5.74, 6) is -2.33. The Hall–Kier alpha value is -2.19. The van der Waals surface area contributed by atoms with Crippen molar-refractivity contribution < 1.29 is 55.5 Å². The maximum absolute atomic E-state index is 13.1. The molecule has 9 N–H and O–H groups in total. The molecule has 0 spiro atoms. The van der Waals surface area contributed by atoms with Crippen LogP contribution in [0, 0.1) is 5.92 Å². The number of esters is 1. The van der Waals surface area contributed by atoms with E-state index in [-0.39, 0.29) is 44.9 Å². The molecule has 0 aromatic heterocycles. The van der Waals surface area contributed by atoms with Gasteiger partial charge in [0.25, 0.3) is 0 Å². The first kappa shape index (κ1) is 41.8. The van der Waals surface area contributed by atoms with Crippen LogP contribution in [0.15, 0.2) is 60.3 Å². The van der Waals surface area contributed by atoms with E-state index in [1.807, 2.05) is 6.92 Å². The monoisotopic (exact) mass is 654 g/mol. The molecule has 264 valence electrons. The highest BCUT2D eigenvalue weighted by molar-refractivity contribution is 5.74. The number of aliphatic hydroxyl groups excluding tert-OH is 9. The Morgan fingerprint density at radius 2 is 1.20 bits per heavy atom. The summed E-state index contributed by atoms with van der Waals surface area (Å²) in [5, 5.41) is 94.8. The van der Waals surface area contributed by atoms with E-state index in [4.69, 9.17) is 4.74 Å². The lowest BCUT2D eigenvalue weighted by Crippen LogP contribution is -2.43. The van der Waals surface area contributed by atoms with Crippen molar-refractivity contribution >= 4 is 5.97 Å². The largest absolute Gasteiger partial charge is 0.459 e. The van der Waals surface area contributed by atoms with Gasteiger partial charge in [-0.15, -0.1) is 0 Å². The van der Waals surface area contributed by atoms with Crippen molar-refractivity contribution in [3.05, 3.63) is 60.3 Å². The number of allylic oxidation sites excluding steroid dienone is 8. The van der Waals surface area contributed by atoms with Crippen LogP contribution in [-0.4, -0.2) is 113 Å². The molecule has 0 unspecified atom stereocenters. The van der Waals surface area contributed by atoms with Crippen molar-refractivity contribution in [2.75, 3.05) is 0 Å². The van der Waals surface area contributed by atoms with Crippen LogP contribution in [0.1, 0.15) is 85.0 Å². The number of rotatable bonds is 5. The van der Waals surface area contributed by atoms with Crippen molar-refractivity contribution in [3.63, 3.8) is 0 Å². The number of carbonyl (C=O) groups is 1. The fourth-order valence-corrected chi connectivity index (χ4v) is 5.27. The third-order valence-electron chi connectivity index (χ3n) is 8.03. The lowest BCUT2D eigenvalue weighted by atomic mass is 9.87. The predicted octanol–water partition coefficient (Wildman–Crippen LogP) is 1.89. The van der Waals surface area contributed by atoms with Crippen LogP contribution in [0.5, 0.6) is 0 Å². The van der Waals surface area contributed by atoms with Gasteiger partial charge in [0.05, 0.1) is 48.8 Å². The van der Waals surface area contributed by atoms with Gasteiger partial charge in [0, 0.05) is 12.8 Å². The molecule has 1 rings (SSSR count). The van der Waals surface area contributed by atoms with Gasteiger partial charge in [0.2, 0.25) is 0 Å². The first-order valence-corrected chi connectivity index (χ1v) is 16.4. The Bertz CT molecular complexity index is 991. The molecule has 46 heavy (non-hydrogen) atoms. The Morgan fingerprint density at radius 1 is 0.717 bits per heavy atom. The molecule has 0 saturated carbocycles. The van der Waals surface area contributed by atoms with Gasteiger partial charge in [-0.3, -0.25) is 4.79 Å². The second-order valence-corrected chi connectivity index (χ2v) is 12.4. The highest BCUT2D eigenvalue weighted by atomic mass is 16.6. The Kier molecular flexibility index (Phi) is 21.1. The fourth-order valence-electron chi connectivity index (χ4n) is 5.27. The molecule has 0 saturated heterocycles. The van der Waals surface area contributed by atoms with Gasteiger partial charge < -0.3 is 50.7 Å². The van der Waals surface area contributed by atoms with Gasteiger partial charge in [-0.1, -0.05) is 80.9 Å². The summed E-state index contributed by atoms with van der Waals surface area (Å²) in [6.07, 6.45) is 4.69. The van der Waals surface area contributed by atoms with E-state index in [2.05, 4.69) is 0 Å². The summed E-state index contributed by atoms with van der Waals surface area (Å²) in [6.45, 7) is 5.18. The van der Waals surface area contributed by atoms with Crippen molar-refractivity contribution in [1.29, 1.82) is 0 Å². The smallest absolute Gasteiger partial charge is 0.314 e. The molecule has 1 aliphatic heterocycles. The minimum Gasteiger partial charge on any atom is -0.459 e. The molecule has 11 nitrogen and oxygen atoms in total. The first-order valence-electron chi connectivity index (χ1n) is 16.4. The van der Waals surface area contributed by atoms with E-state index >= 15 is 0 Å². The number of unbranched alkanes of at least 4 members (excludes halogenated alkanes) is 2. The second-order valence-electron chi connectivity index (χ2n) is 12.4. The predicted molar refractivity (Wildman–Crippen MR) is 175 cm³/mol. The highest BCUT2D eigenvalue weighted by Crippen LogP contribution is 2.24. The number of cyclic esters (lactones) is 1. The normalized spacial score (nSPS) is 38.6. The number of ether oxygens (including phenoxy) is 1. The Labute approximate surface area is 273 Å². The molecular formula is C35H58O11. The third kappa shape index (κ3) is 17.7. The minimum absolute atomic E-state index is 0.0162. The Morgan fingerprint density at radius 3 is 1.74 bits per heavy atom. The summed E-state index contributed by atoms with van der Waals surface area (Å²) >= 11 is 0. The summed E-state index contributed by atoms with van der Waals surface area (Å²) in [5.41, 5.74) is 0.609. The summed E-state index contributed by atoms with van der Waals surface area (Å²) in [4.78, 5) is 13.1. The molecule has 0 fully saturated rings. The standard InChI is InChI=1S/C35H58O11/c1-4-5-11-16-31(42)34-33(44)22-29(40)20-27(38)18-25(36)17-26(37)19-28(39)21-32(43)23(2)14-12-9-7-6-8-10-13-15-30(41)24(3)46-35(34)45/h6-10,12-15,24-34,36-44H,4-5,11,16-22H2,1-3H3/b7-6+,10-8+,12-9+,15-13+,23-14-/t24-,25+,26-,27+,28-,29+,30-,31+,32-,33-,34+/m1/s1. The molecule has 1 aliphatic rings. The molecule has 11 atom stereocenters. The lowest BCUT2D eigenvalue weighted by molar-refractivity contribution is -0.168. The maximum atomic E-state index is 13.1. The van der Waals surface area contributed by atoms with Gasteiger partial charge >= 0.3 is 5.97 Å². The molecule has 0 aromatic rings. The summed E-state index contributed by atoms with van der Waals surface area (Å²) in [7, 11) is 0. The van der Waals surface area contributed by atoms with Crippen molar-refractivity contribution in [2.24, 2.45) is 5.92 Å².